The maximum Gasteiger partial charge on any atom is 0.0694 e. The summed E-state index contributed by atoms with van der Waals surface area (Å²) in [4.78, 5) is 0. The first-order valence-corrected chi connectivity index (χ1v) is 2.23. The molecule has 1 nitrogen and oxygen atoms in total. The molecule has 0 heterocycles. The van der Waals surface area contributed by atoms with Crippen LogP contribution in [0.2, 0.25) is 0 Å². The summed E-state index contributed by atoms with van der Waals surface area (Å²) < 4.78 is 0. The third-order valence-electron chi connectivity index (χ3n) is 0.433. The van der Waals surface area contributed by atoms with Gasteiger partial charge in [0.2, 0.25) is 0 Å². The maximum atomic E-state index is 5.03. The van der Waals surface area contributed by atoms with Gasteiger partial charge in [-0.3, -0.25) is 0 Å². The molecule has 0 saturated carbocycles. The van der Waals surface area contributed by atoms with Crippen LogP contribution in [0.15, 0.2) is 0 Å². The highest BCUT2D eigenvalue weighted by molar-refractivity contribution is 6.63. The van der Waals surface area contributed by atoms with Crippen molar-refractivity contribution in [2.45, 2.75) is 10.5 Å². The van der Waals surface area contributed by atoms with E-state index < -0.39 is 10.5 Å². The smallest absolute Gasteiger partial charge is 0.0694 e. The topological polar surface area (TPSA) is 12.0 Å². The molecule has 0 aromatic heterocycles. The van der Waals surface area contributed by atoms with E-state index in [1.54, 1.807) is 0 Å². The van der Waals surface area contributed by atoms with Crippen molar-refractivity contribution in [3.8, 4) is 0 Å². The van der Waals surface area contributed by atoms with Crippen molar-refractivity contribution in [3.63, 3.8) is 0 Å². The Hall–Kier alpha value is 0.350. The highest BCUT2D eigenvalue weighted by atomic mass is 14.9. The Balaban J connectivity index is 3.75. The molecule has 0 unspecified atom stereocenters. The van der Waals surface area contributed by atoms with Crippen molar-refractivity contribution in [3.05, 3.63) is 0 Å². The van der Waals surface area contributed by atoms with Gasteiger partial charge in [-0.25, -0.2) is 0 Å². The molecule has 0 aliphatic rings. The van der Waals surface area contributed by atoms with Gasteiger partial charge in [-0.1, -0.05) is 10.5 Å². The zero-order valence-corrected chi connectivity index (χ0v) is 4.96. The van der Waals surface area contributed by atoms with Gasteiger partial charge in [-0.15, -0.1) is 0 Å². The highest BCUT2D eigenvalue weighted by Crippen LogP contribution is 1.89. The molecule has 0 spiro atoms. The van der Waals surface area contributed by atoms with Crippen LogP contribution in [0, 0.1) is 0 Å². The Bertz CT molecular complexity index is 76.2. The van der Waals surface area contributed by atoms with Crippen LogP contribution in [0.3, 0.4) is 0 Å². The van der Waals surface area contributed by atoms with Crippen molar-refractivity contribution in [1.82, 2.24) is 5.32 Å². The summed E-state index contributed by atoms with van der Waals surface area (Å²) in [5.41, 5.74) is 0. The first-order valence-electron chi connectivity index (χ1n) is 2.23. The summed E-state index contributed by atoms with van der Waals surface area (Å²) in [6.07, 6.45) is 0. The van der Waals surface area contributed by atoms with Crippen molar-refractivity contribution in [2.75, 3.05) is 0 Å². The van der Waals surface area contributed by atoms with E-state index in [2.05, 4.69) is 5.32 Å². The van der Waals surface area contributed by atoms with Crippen LogP contribution in [0.25, 0.3) is 0 Å². The van der Waals surface area contributed by atoms with Gasteiger partial charge in [-0.2, -0.15) is 0 Å². The van der Waals surface area contributed by atoms with E-state index in [9.17, 15) is 0 Å². The Labute approximate surface area is 63.6 Å². The van der Waals surface area contributed by atoms with E-state index in [1.807, 2.05) is 0 Å². The molecule has 1 N–H and O–H groups in total. The second-order valence-electron chi connectivity index (χ2n) is 1.99. The SMILES string of the molecule is [B]C([B])([B])NC([B])([B])[B]. The number of hydrogen-bond donors (Lipinski definition) is 1. The predicted molar refractivity (Wildman–Crippen MR) is 43.1 cm³/mol. The summed E-state index contributed by atoms with van der Waals surface area (Å²) in [7, 11) is 30.2. The molecule has 0 aromatic carbocycles. The fourth-order valence-electron chi connectivity index (χ4n) is 0.375. The summed E-state index contributed by atoms with van der Waals surface area (Å²) in [6.45, 7) is 0. The molecule has 0 amide bonds. The zero-order chi connectivity index (χ0) is 7.71. The molecule has 32 valence electrons. The van der Waals surface area contributed by atoms with E-state index >= 15 is 0 Å². The maximum absolute atomic E-state index is 5.03. The lowest BCUT2D eigenvalue weighted by atomic mass is 9.42. The molecule has 7 heteroatoms. The monoisotopic (exact) mass is 105 g/mol. The molecule has 0 bridgehead atoms. The van der Waals surface area contributed by atoms with Crippen LogP contribution in [0.5, 0.6) is 0 Å². The average molecular weight is 104 g/mol. The summed E-state index contributed by atoms with van der Waals surface area (Å²) in [5.74, 6) is 0. The molecule has 0 saturated heterocycles. The number of rotatable bonds is 2. The van der Waals surface area contributed by atoms with E-state index in [-0.39, 0.29) is 0 Å². The van der Waals surface area contributed by atoms with Gasteiger partial charge in [0.05, 0.1) is 47.1 Å². The molecule has 9 heavy (non-hydrogen) atoms. The Morgan fingerprint density at radius 2 is 0.889 bits per heavy atom. The minimum Gasteiger partial charge on any atom is -0.355 e. The van der Waals surface area contributed by atoms with E-state index in [1.165, 1.54) is 0 Å². The second kappa shape index (κ2) is 2.53. The first kappa shape index (κ1) is 9.35. The molecule has 12 radical (unpaired) electrons. The van der Waals surface area contributed by atoms with E-state index in [0.717, 1.165) is 0 Å². The van der Waals surface area contributed by atoms with Crippen molar-refractivity contribution in [1.29, 1.82) is 0 Å². The third-order valence-corrected chi connectivity index (χ3v) is 0.433. The standard InChI is InChI=1S/C2HB6N/c3-1(4,5)9-2(6,7)8/h9H. The minimum atomic E-state index is -1.64. The average Bonchev–Trinajstić information content (AvgIpc) is 1.14. The molecule has 0 fully saturated rings. The quantitative estimate of drug-likeness (QED) is 0.364. The van der Waals surface area contributed by atoms with Crippen LogP contribution >= 0.6 is 0 Å². The third kappa shape index (κ3) is 8.35. The van der Waals surface area contributed by atoms with Crippen LogP contribution in [-0.4, -0.2) is 57.6 Å². The largest absolute Gasteiger partial charge is 0.355 e. The normalized spacial score (nSPS) is 13.3. The Kier molecular flexibility index (Phi) is 2.63. The summed E-state index contributed by atoms with van der Waals surface area (Å²) >= 11 is 0. The van der Waals surface area contributed by atoms with E-state index in [4.69, 9.17) is 47.1 Å². The minimum absolute atomic E-state index is 1.64. The fraction of sp³-hybridized carbons (Fsp3) is 1.00. The van der Waals surface area contributed by atoms with Crippen LogP contribution in [0.4, 0.5) is 0 Å². The molecule has 0 aromatic rings. The van der Waals surface area contributed by atoms with Crippen molar-refractivity contribution in [2.24, 2.45) is 0 Å². The molecule has 0 aliphatic carbocycles. The van der Waals surface area contributed by atoms with Gasteiger partial charge in [-0.05, 0) is 0 Å². The van der Waals surface area contributed by atoms with Crippen LogP contribution < -0.4 is 5.32 Å². The molecular formula is C2HB6N. The fourth-order valence-corrected chi connectivity index (χ4v) is 0.375. The molecule has 0 atom stereocenters. The van der Waals surface area contributed by atoms with Gasteiger partial charge in [0.25, 0.3) is 0 Å². The Morgan fingerprint density at radius 3 is 0.889 bits per heavy atom. The van der Waals surface area contributed by atoms with Gasteiger partial charge < -0.3 is 5.32 Å². The summed E-state index contributed by atoms with van der Waals surface area (Å²) in [6, 6.07) is 0. The number of hydrogen-bond acceptors (Lipinski definition) is 1. The lowest BCUT2D eigenvalue weighted by Crippen LogP contribution is -2.60. The predicted octanol–water partition coefficient (Wildman–Crippen LogP) is -3.19. The van der Waals surface area contributed by atoms with Gasteiger partial charge in [0, 0.05) is 0 Å². The van der Waals surface area contributed by atoms with Gasteiger partial charge in [0.1, 0.15) is 0 Å². The first-order chi connectivity index (χ1) is 3.71. The lowest BCUT2D eigenvalue weighted by molar-refractivity contribution is 0.740. The van der Waals surface area contributed by atoms with Gasteiger partial charge >= 0.3 is 0 Å². The Morgan fingerprint density at radius 1 is 0.667 bits per heavy atom. The summed E-state index contributed by atoms with van der Waals surface area (Å²) in [5, 5.41) is -1.16. The lowest BCUT2D eigenvalue weighted by Gasteiger charge is -2.34. The van der Waals surface area contributed by atoms with Gasteiger partial charge in [0.15, 0.2) is 0 Å². The molecule has 0 aliphatic heterocycles. The number of nitrogens with one attached hydrogen (secondary N) is 1. The van der Waals surface area contributed by atoms with E-state index in [0.29, 0.717) is 0 Å². The van der Waals surface area contributed by atoms with Crippen molar-refractivity contribution >= 4 is 47.1 Å². The molecular weight excluding hydrogens is 103 g/mol. The van der Waals surface area contributed by atoms with Crippen LogP contribution in [0.1, 0.15) is 0 Å². The second-order valence-corrected chi connectivity index (χ2v) is 1.99. The van der Waals surface area contributed by atoms with Crippen LogP contribution in [-0.2, 0) is 0 Å². The molecule has 0 rings (SSSR count). The highest BCUT2D eigenvalue weighted by Gasteiger charge is 2.16. The van der Waals surface area contributed by atoms with Crippen molar-refractivity contribution < 1.29 is 0 Å². The zero-order valence-electron chi connectivity index (χ0n) is 4.96.